The summed E-state index contributed by atoms with van der Waals surface area (Å²) in [5.74, 6) is 3.24. The van der Waals surface area contributed by atoms with Crippen molar-refractivity contribution in [2.75, 3.05) is 6.61 Å². The largest absolute Gasteiger partial charge is 0.494 e. The molecule has 0 radical (unpaired) electrons. The fourth-order valence-corrected chi connectivity index (χ4v) is 4.53. The molecule has 0 aliphatic rings. The number of rotatable bonds is 9. The van der Waals surface area contributed by atoms with Crippen molar-refractivity contribution in [2.24, 2.45) is 0 Å². The van der Waals surface area contributed by atoms with Crippen LogP contribution in [0.25, 0.3) is 17.1 Å². The van der Waals surface area contributed by atoms with Crippen molar-refractivity contribution in [1.29, 1.82) is 0 Å². The first-order valence-electron chi connectivity index (χ1n) is 11.4. The van der Waals surface area contributed by atoms with Gasteiger partial charge in [-0.05, 0) is 49.7 Å². The smallest absolute Gasteiger partial charge is 0.226 e. The highest BCUT2D eigenvalue weighted by Gasteiger charge is 2.18. The lowest BCUT2D eigenvalue weighted by atomic mass is 10.1. The van der Waals surface area contributed by atoms with Gasteiger partial charge in [-0.3, -0.25) is 4.57 Å². The molecule has 0 atom stereocenters. The molecule has 2 aromatic heterocycles. The Balaban J connectivity index is 1.41. The molecule has 35 heavy (non-hydrogen) atoms. The Labute approximate surface area is 208 Å². The molecule has 5 aromatic rings. The molecule has 0 unspecified atom stereocenters. The average Bonchev–Trinajstić information content (AvgIpc) is 3.51. The molecular weight excluding hydrogens is 458 g/mol. The van der Waals surface area contributed by atoms with Crippen LogP contribution < -0.4 is 4.74 Å². The number of thioether (sulfide) groups is 1. The predicted octanol–water partition coefficient (Wildman–Crippen LogP) is 5.91. The van der Waals surface area contributed by atoms with Crippen LogP contribution in [0.15, 0.2) is 88.4 Å². The number of benzene rings is 3. The van der Waals surface area contributed by atoms with E-state index in [4.69, 9.17) is 9.15 Å². The van der Waals surface area contributed by atoms with Crippen molar-refractivity contribution >= 4 is 11.8 Å². The van der Waals surface area contributed by atoms with Crippen LogP contribution in [-0.4, -0.2) is 31.6 Å². The molecule has 0 aliphatic carbocycles. The number of aryl methyl sites for hydroxylation is 1. The monoisotopic (exact) mass is 483 g/mol. The van der Waals surface area contributed by atoms with E-state index < -0.39 is 0 Å². The molecule has 0 aliphatic heterocycles. The topological polar surface area (TPSA) is 78.9 Å². The van der Waals surface area contributed by atoms with Gasteiger partial charge in [-0.25, -0.2) is 0 Å². The summed E-state index contributed by atoms with van der Waals surface area (Å²) in [7, 11) is 0. The molecule has 0 saturated heterocycles. The highest BCUT2D eigenvalue weighted by Crippen LogP contribution is 2.30. The Morgan fingerprint density at radius 1 is 0.857 bits per heavy atom. The summed E-state index contributed by atoms with van der Waals surface area (Å²) in [6, 6.07) is 26.3. The van der Waals surface area contributed by atoms with E-state index in [-0.39, 0.29) is 0 Å². The molecule has 0 amide bonds. The summed E-state index contributed by atoms with van der Waals surface area (Å²) in [6.45, 7) is 4.67. The first-order valence-corrected chi connectivity index (χ1v) is 12.4. The summed E-state index contributed by atoms with van der Waals surface area (Å²) >= 11 is 1.51. The van der Waals surface area contributed by atoms with Crippen LogP contribution in [0.4, 0.5) is 0 Å². The lowest BCUT2D eigenvalue weighted by molar-refractivity contribution is 0.340. The van der Waals surface area contributed by atoms with Crippen molar-refractivity contribution in [2.45, 2.75) is 31.2 Å². The van der Waals surface area contributed by atoms with Crippen molar-refractivity contribution in [3.8, 4) is 22.8 Å². The molecule has 5 rings (SSSR count). The van der Waals surface area contributed by atoms with Gasteiger partial charge in [-0.1, -0.05) is 65.9 Å². The Morgan fingerprint density at radius 3 is 2.43 bits per heavy atom. The molecule has 0 saturated carbocycles. The first-order chi connectivity index (χ1) is 17.2. The molecule has 8 heteroatoms. The van der Waals surface area contributed by atoms with Crippen LogP contribution in [0.5, 0.6) is 5.75 Å². The Kier molecular flexibility index (Phi) is 6.90. The summed E-state index contributed by atoms with van der Waals surface area (Å²) in [5.41, 5.74) is 4.25. The van der Waals surface area contributed by atoms with E-state index >= 15 is 0 Å². The van der Waals surface area contributed by atoms with Gasteiger partial charge in [0.1, 0.15) is 5.75 Å². The lowest BCUT2D eigenvalue weighted by Gasteiger charge is -2.11. The van der Waals surface area contributed by atoms with Crippen LogP contribution in [0.1, 0.15) is 29.8 Å². The molecule has 7 nitrogen and oxygen atoms in total. The Bertz CT molecular complexity index is 1400. The molecule has 176 valence electrons. The van der Waals surface area contributed by atoms with Gasteiger partial charge in [0.05, 0.1) is 18.8 Å². The van der Waals surface area contributed by atoms with Gasteiger partial charge in [0.2, 0.25) is 11.8 Å². The van der Waals surface area contributed by atoms with Crippen molar-refractivity contribution in [1.82, 2.24) is 25.0 Å². The van der Waals surface area contributed by atoms with Gasteiger partial charge in [0.15, 0.2) is 11.0 Å². The van der Waals surface area contributed by atoms with Gasteiger partial charge >= 0.3 is 0 Å². The molecule has 2 heterocycles. The van der Waals surface area contributed by atoms with Crippen LogP contribution in [0, 0.1) is 6.92 Å². The standard InChI is InChI=1S/C27H25N5O2S/c1-3-33-23-14-12-22(13-15-23)32-26(21-11-7-8-19(2)16-21)30-31-27(32)35-18-25-29-28-24(34-25)17-20-9-5-4-6-10-20/h4-16H,3,17-18H2,1-2H3. The maximum absolute atomic E-state index is 5.89. The fourth-order valence-electron chi connectivity index (χ4n) is 3.74. The van der Waals surface area contributed by atoms with E-state index in [1.54, 1.807) is 0 Å². The SMILES string of the molecule is CCOc1ccc(-n2c(SCc3nnc(Cc4ccccc4)o3)nnc2-c2cccc(C)c2)cc1. The van der Waals surface area contributed by atoms with E-state index in [2.05, 4.69) is 44.0 Å². The zero-order chi connectivity index (χ0) is 24.0. The molecule has 0 spiro atoms. The minimum absolute atomic E-state index is 0.491. The van der Waals surface area contributed by atoms with E-state index in [9.17, 15) is 0 Å². The Morgan fingerprint density at radius 2 is 1.66 bits per heavy atom. The highest BCUT2D eigenvalue weighted by atomic mass is 32.2. The molecule has 0 N–H and O–H groups in total. The predicted molar refractivity (Wildman–Crippen MR) is 136 cm³/mol. The maximum Gasteiger partial charge on any atom is 0.226 e. The third-order valence-electron chi connectivity index (χ3n) is 5.35. The second-order valence-electron chi connectivity index (χ2n) is 7.98. The summed E-state index contributed by atoms with van der Waals surface area (Å²) in [4.78, 5) is 0. The van der Waals surface area contributed by atoms with Crippen LogP contribution in [-0.2, 0) is 12.2 Å². The summed E-state index contributed by atoms with van der Waals surface area (Å²) < 4.78 is 13.6. The molecule has 0 fully saturated rings. The van der Waals surface area contributed by atoms with Gasteiger partial charge in [0.25, 0.3) is 0 Å². The summed E-state index contributed by atoms with van der Waals surface area (Å²) in [5, 5.41) is 18.2. The molecular formula is C27H25N5O2S. The zero-order valence-corrected chi connectivity index (χ0v) is 20.4. The average molecular weight is 484 g/mol. The fraction of sp³-hybridized carbons (Fsp3) is 0.185. The summed E-state index contributed by atoms with van der Waals surface area (Å²) in [6.07, 6.45) is 0.609. The van der Waals surface area contributed by atoms with E-state index in [1.165, 1.54) is 11.8 Å². The molecule has 3 aromatic carbocycles. The quantitative estimate of drug-likeness (QED) is 0.241. The van der Waals surface area contributed by atoms with Gasteiger partial charge in [-0.2, -0.15) is 0 Å². The van der Waals surface area contributed by atoms with E-state index in [0.29, 0.717) is 30.6 Å². The zero-order valence-electron chi connectivity index (χ0n) is 19.6. The maximum atomic E-state index is 5.89. The highest BCUT2D eigenvalue weighted by molar-refractivity contribution is 7.98. The second kappa shape index (κ2) is 10.6. The minimum Gasteiger partial charge on any atom is -0.494 e. The first kappa shape index (κ1) is 22.9. The number of hydrogen-bond donors (Lipinski definition) is 0. The van der Waals surface area contributed by atoms with Gasteiger partial charge in [0, 0.05) is 11.3 Å². The number of hydrogen-bond acceptors (Lipinski definition) is 7. The van der Waals surface area contributed by atoms with Crippen molar-refractivity contribution < 1.29 is 9.15 Å². The minimum atomic E-state index is 0.491. The second-order valence-corrected chi connectivity index (χ2v) is 8.92. The van der Waals surface area contributed by atoms with Crippen LogP contribution in [0.3, 0.4) is 0 Å². The normalized spacial score (nSPS) is 11.0. The lowest BCUT2D eigenvalue weighted by Crippen LogP contribution is -2.00. The number of ether oxygens (including phenoxy) is 1. The van der Waals surface area contributed by atoms with Crippen LogP contribution in [0.2, 0.25) is 0 Å². The van der Waals surface area contributed by atoms with E-state index in [1.807, 2.05) is 73.7 Å². The van der Waals surface area contributed by atoms with Crippen molar-refractivity contribution in [3.63, 3.8) is 0 Å². The van der Waals surface area contributed by atoms with Crippen LogP contribution >= 0.6 is 11.8 Å². The number of nitrogens with zero attached hydrogens (tertiary/aromatic N) is 5. The van der Waals surface area contributed by atoms with E-state index in [0.717, 1.165) is 39.1 Å². The number of aromatic nitrogens is 5. The molecule has 0 bridgehead atoms. The Hall–Kier alpha value is -3.91. The van der Waals surface area contributed by atoms with Crippen molar-refractivity contribution in [3.05, 3.63) is 102 Å². The third kappa shape index (κ3) is 5.44. The third-order valence-corrected chi connectivity index (χ3v) is 6.26. The van der Waals surface area contributed by atoms with Gasteiger partial charge in [-0.15, -0.1) is 20.4 Å². The van der Waals surface area contributed by atoms with Gasteiger partial charge < -0.3 is 9.15 Å².